The summed E-state index contributed by atoms with van der Waals surface area (Å²) < 4.78 is 12.7. The van der Waals surface area contributed by atoms with E-state index in [-0.39, 0.29) is 24.7 Å². The maximum atomic E-state index is 12.3. The normalized spacial score (nSPS) is 10.6. The molecule has 7 nitrogen and oxygen atoms in total. The lowest BCUT2D eigenvalue weighted by Gasteiger charge is -2.10. The first-order valence-corrected chi connectivity index (χ1v) is 9.76. The number of carbonyl (C=O) groups excluding carboxylic acids is 1. The van der Waals surface area contributed by atoms with E-state index in [1.54, 1.807) is 42.6 Å². The number of aryl methyl sites for hydroxylation is 1. The summed E-state index contributed by atoms with van der Waals surface area (Å²) in [6.45, 7) is 1.98. The van der Waals surface area contributed by atoms with Crippen molar-refractivity contribution in [3.63, 3.8) is 0 Å². The van der Waals surface area contributed by atoms with Crippen LogP contribution in [0.4, 0.5) is 5.69 Å². The van der Waals surface area contributed by atoms with Crippen molar-refractivity contribution in [2.24, 2.45) is 0 Å². The molecular formula is C24H21N3O4. The van der Waals surface area contributed by atoms with Crippen LogP contribution < -0.4 is 20.3 Å². The minimum atomic E-state index is -0.277. The zero-order valence-corrected chi connectivity index (χ0v) is 16.9. The van der Waals surface area contributed by atoms with Crippen molar-refractivity contribution in [2.75, 3.05) is 11.9 Å². The minimum absolute atomic E-state index is 0.0978. The molecule has 156 valence electrons. The molecule has 0 bridgehead atoms. The Kier molecular flexibility index (Phi) is 5.93. The van der Waals surface area contributed by atoms with Crippen LogP contribution in [0.3, 0.4) is 0 Å². The molecule has 31 heavy (non-hydrogen) atoms. The Morgan fingerprint density at radius 3 is 2.61 bits per heavy atom. The number of benzene rings is 2. The van der Waals surface area contributed by atoms with Gasteiger partial charge in [-0.2, -0.15) is 0 Å². The van der Waals surface area contributed by atoms with Crippen LogP contribution in [0.2, 0.25) is 0 Å². The van der Waals surface area contributed by atoms with E-state index in [9.17, 15) is 9.59 Å². The zero-order valence-electron chi connectivity index (χ0n) is 16.9. The van der Waals surface area contributed by atoms with Gasteiger partial charge in [0.2, 0.25) is 0 Å². The van der Waals surface area contributed by atoms with Crippen molar-refractivity contribution in [1.29, 1.82) is 0 Å². The van der Waals surface area contributed by atoms with Crippen LogP contribution in [0.25, 0.3) is 5.65 Å². The van der Waals surface area contributed by atoms with Crippen LogP contribution in [0, 0.1) is 6.92 Å². The number of pyridine rings is 1. The molecule has 7 heteroatoms. The van der Waals surface area contributed by atoms with Gasteiger partial charge in [0, 0.05) is 24.0 Å². The van der Waals surface area contributed by atoms with Crippen molar-refractivity contribution in [3.8, 4) is 11.5 Å². The maximum Gasteiger partial charge on any atom is 0.262 e. The number of fused-ring (bicyclic) bond motifs is 1. The topological polar surface area (TPSA) is 81.9 Å². The van der Waals surface area contributed by atoms with E-state index in [2.05, 4.69) is 10.3 Å². The fourth-order valence-corrected chi connectivity index (χ4v) is 3.01. The number of amides is 1. The Hall–Kier alpha value is -4.13. The Morgan fingerprint density at radius 1 is 0.968 bits per heavy atom. The molecule has 1 amide bonds. The summed E-state index contributed by atoms with van der Waals surface area (Å²) in [6.07, 6.45) is 1.71. The van der Waals surface area contributed by atoms with E-state index in [0.29, 0.717) is 28.5 Å². The molecule has 0 aliphatic carbocycles. The van der Waals surface area contributed by atoms with Crippen LogP contribution in [0.1, 0.15) is 11.3 Å². The monoisotopic (exact) mass is 415 g/mol. The van der Waals surface area contributed by atoms with Gasteiger partial charge < -0.3 is 14.8 Å². The second-order valence-corrected chi connectivity index (χ2v) is 6.98. The Morgan fingerprint density at radius 2 is 1.77 bits per heavy atom. The van der Waals surface area contributed by atoms with Gasteiger partial charge in [-0.1, -0.05) is 24.3 Å². The van der Waals surface area contributed by atoms with E-state index in [1.165, 1.54) is 10.5 Å². The highest BCUT2D eigenvalue weighted by Crippen LogP contribution is 2.18. The van der Waals surface area contributed by atoms with Crippen LogP contribution in [-0.2, 0) is 11.4 Å². The Balaban J connectivity index is 1.38. The van der Waals surface area contributed by atoms with E-state index in [0.717, 1.165) is 5.56 Å². The quantitative estimate of drug-likeness (QED) is 0.499. The van der Waals surface area contributed by atoms with E-state index >= 15 is 0 Å². The van der Waals surface area contributed by atoms with Crippen molar-refractivity contribution < 1.29 is 14.3 Å². The standard InChI is InChI=1S/C24H21N3O4/c1-17-10-11-27-22(12-17)25-19(14-24(27)29)15-30-21-9-5-6-18(13-21)26-23(28)16-31-20-7-3-2-4-8-20/h2-14H,15-16H2,1H3,(H,26,28). The van der Waals surface area contributed by atoms with Crippen LogP contribution in [0.15, 0.2) is 83.8 Å². The summed E-state index contributed by atoms with van der Waals surface area (Å²) in [4.78, 5) is 28.9. The summed E-state index contributed by atoms with van der Waals surface area (Å²) in [5.74, 6) is 0.900. The van der Waals surface area contributed by atoms with Crippen molar-refractivity contribution in [3.05, 3.63) is 101 Å². The molecule has 0 unspecified atom stereocenters. The van der Waals surface area contributed by atoms with Gasteiger partial charge in [0.15, 0.2) is 6.61 Å². The molecule has 0 aliphatic heterocycles. The molecule has 2 heterocycles. The second-order valence-electron chi connectivity index (χ2n) is 6.98. The highest BCUT2D eigenvalue weighted by molar-refractivity contribution is 5.92. The number of hydrogen-bond donors (Lipinski definition) is 1. The third-order valence-corrected chi connectivity index (χ3v) is 4.49. The molecule has 0 radical (unpaired) electrons. The molecule has 2 aromatic carbocycles. The van der Waals surface area contributed by atoms with E-state index in [4.69, 9.17) is 9.47 Å². The summed E-state index contributed by atoms with van der Waals surface area (Å²) >= 11 is 0. The van der Waals surface area contributed by atoms with Crippen molar-refractivity contribution in [2.45, 2.75) is 13.5 Å². The largest absolute Gasteiger partial charge is 0.487 e. The Labute approximate surface area is 178 Å². The first-order chi connectivity index (χ1) is 15.1. The van der Waals surface area contributed by atoms with Gasteiger partial charge in [-0.3, -0.25) is 14.0 Å². The first-order valence-electron chi connectivity index (χ1n) is 9.76. The number of para-hydroxylation sites is 1. The van der Waals surface area contributed by atoms with Crippen molar-refractivity contribution >= 4 is 17.2 Å². The van der Waals surface area contributed by atoms with Gasteiger partial charge in [0.25, 0.3) is 11.5 Å². The van der Waals surface area contributed by atoms with Gasteiger partial charge >= 0.3 is 0 Å². The lowest BCUT2D eigenvalue weighted by atomic mass is 10.3. The van der Waals surface area contributed by atoms with Gasteiger partial charge in [0.1, 0.15) is 23.8 Å². The first kappa shape index (κ1) is 20.2. The molecule has 2 aromatic heterocycles. The highest BCUT2D eigenvalue weighted by Gasteiger charge is 2.07. The highest BCUT2D eigenvalue weighted by atomic mass is 16.5. The third-order valence-electron chi connectivity index (χ3n) is 4.49. The second kappa shape index (κ2) is 9.13. The fraction of sp³-hybridized carbons (Fsp3) is 0.125. The van der Waals surface area contributed by atoms with Crippen LogP contribution >= 0.6 is 0 Å². The SMILES string of the molecule is Cc1ccn2c(=O)cc(COc3cccc(NC(=O)COc4ccccc4)c3)nc2c1. The minimum Gasteiger partial charge on any atom is -0.487 e. The summed E-state index contributed by atoms with van der Waals surface area (Å²) in [7, 11) is 0. The van der Waals surface area contributed by atoms with E-state index in [1.807, 2.05) is 37.3 Å². The fourth-order valence-electron chi connectivity index (χ4n) is 3.01. The number of nitrogens with one attached hydrogen (secondary N) is 1. The third kappa shape index (κ3) is 5.27. The summed E-state index contributed by atoms with van der Waals surface area (Å²) in [5, 5.41) is 2.78. The predicted molar refractivity (Wildman–Crippen MR) is 118 cm³/mol. The van der Waals surface area contributed by atoms with Gasteiger partial charge in [-0.25, -0.2) is 4.98 Å². The molecule has 0 aliphatic rings. The number of ether oxygens (including phenoxy) is 2. The van der Waals surface area contributed by atoms with E-state index < -0.39 is 0 Å². The predicted octanol–water partition coefficient (Wildman–Crippen LogP) is 3.60. The number of rotatable bonds is 7. The average Bonchev–Trinajstić information content (AvgIpc) is 2.77. The number of anilines is 1. The smallest absolute Gasteiger partial charge is 0.262 e. The molecule has 0 fully saturated rings. The summed E-state index contributed by atoms with van der Waals surface area (Å²) in [6, 6.07) is 21.3. The van der Waals surface area contributed by atoms with Gasteiger partial charge in [-0.05, 0) is 48.9 Å². The van der Waals surface area contributed by atoms with Gasteiger partial charge in [-0.15, -0.1) is 0 Å². The molecule has 4 rings (SSSR count). The molecule has 4 aromatic rings. The number of hydrogen-bond acceptors (Lipinski definition) is 5. The van der Waals surface area contributed by atoms with Crippen LogP contribution in [-0.4, -0.2) is 21.9 Å². The molecule has 1 N–H and O–H groups in total. The summed E-state index contributed by atoms with van der Waals surface area (Å²) in [5.41, 5.74) is 2.54. The Bertz CT molecular complexity index is 1270. The van der Waals surface area contributed by atoms with Crippen molar-refractivity contribution in [1.82, 2.24) is 9.38 Å². The maximum absolute atomic E-state index is 12.3. The lowest BCUT2D eigenvalue weighted by Crippen LogP contribution is -2.20. The zero-order chi connectivity index (χ0) is 21.6. The van der Waals surface area contributed by atoms with Gasteiger partial charge in [0.05, 0.1) is 5.69 Å². The molecule has 0 saturated carbocycles. The molecular weight excluding hydrogens is 394 g/mol. The lowest BCUT2D eigenvalue weighted by molar-refractivity contribution is -0.118. The number of nitrogens with zero attached hydrogens (tertiary/aromatic N) is 2. The number of aromatic nitrogens is 2. The molecule has 0 spiro atoms. The van der Waals surface area contributed by atoms with Crippen LogP contribution in [0.5, 0.6) is 11.5 Å². The average molecular weight is 415 g/mol. The molecule has 0 atom stereocenters. The molecule has 0 saturated heterocycles. The number of carbonyl (C=O) groups is 1.